The first-order valence-corrected chi connectivity index (χ1v) is 5.78. The summed E-state index contributed by atoms with van der Waals surface area (Å²) in [7, 11) is 0. The number of imide groups is 1. The van der Waals surface area contributed by atoms with Gasteiger partial charge in [-0.3, -0.25) is 19.3 Å². The van der Waals surface area contributed by atoms with Crippen LogP contribution in [0.15, 0.2) is 12.1 Å². The van der Waals surface area contributed by atoms with Gasteiger partial charge in [0, 0.05) is 0 Å². The number of aryl methyl sites for hydroxylation is 2. The van der Waals surface area contributed by atoms with Gasteiger partial charge in [-0.05, 0) is 25.0 Å². The lowest BCUT2D eigenvalue weighted by atomic mass is 9.99. The van der Waals surface area contributed by atoms with E-state index in [9.17, 15) is 19.5 Å². The van der Waals surface area contributed by atoms with Crippen molar-refractivity contribution in [3.8, 4) is 0 Å². The van der Waals surface area contributed by atoms with Crippen LogP contribution in [0.3, 0.4) is 0 Å². The van der Waals surface area contributed by atoms with Crippen molar-refractivity contribution in [1.29, 1.82) is 0 Å². The molecule has 0 fully saturated rings. The molecule has 0 spiro atoms. The smallest absolute Gasteiger partial charge is 0.261 e. The standard InChI is InChI=1S/C13H14N2O4/c1-6-3-4-7(2)10-9(6)12(18)15(13(10)19)5-8(16)11(14)17/h3-4,8,16H,5H2,1-2H3,(H2,14,17). The van der Waals surface area contributed by atoms with Crippen molar-refractivity contribution in [2.75, 3.05) is 6.54 Å². The molecule has 3 N–H and O–H groups in total. The van der Waals surface area contributed by atoms with E-state index in [0.717, 1.165) is 4.90 Å². The molecular weight excluding hydrogens is 248 g/mol. The Morgan fingerprint density at radius 2 is 1.63 bits per heavy atom. The van der Waals surface area contributed by atoms with Gasteiger partial charge in [0.2, 0.25) is 5.91 Å². The second-order valence-corrected chi connectivity index (χ2v) is 4.59. The lowest BCUT2D eigenvalue weighted by molar-refractivity contribution is -0.126. The summed E-state index contributed by atoms with van der Waals surface area (Å²) in [5, 5.41) is 9.42. The second-order valence-electron chi connectivity index (χ2n) is 4.59. The average Bonchev–Trinajstić information content (AvgIpc) is 2.59. The molecule has 1 aliphatic heterocycles. The summed E-state index contributed by atoms with van der Waals surface area (Å²) >= 11 is 0. The van der Waals surface area contributed by atoms with E-state index >= 15 is 0 Å². The Labute approximate surface area is 109 Å². The molecule has 1 atom stereocenters. The SMILES string of the molecule is Cc1ccc(C)c2c1C(=O)N(CC(O)C(N)=O)C2=O. The van der Waals surface area contributed by atoms with Crippen molar-refractivity contribution < 1.29 is 19.5 Å². The molecule has 3 amide bonds. The fraction of sp³-hybridized carbons (Fsp3) is 0.308. The number of rotatable bonds is 3. The van der Waals surface area contributed by atoms with Crippen LogP contribution in [-0.4, -0.2) is 40.4 Å². The topological polar surface area (TPSA) is 101 Å². The first-order valence-electron chi connectivity index (χ1n) is 5.78. The monoisotopic (exact) mass is 262 g/mol. The van der Waals surface area contributed by atoms with Gasteiger partial charge in [-0.15, -0.1) is 0 Å². The highest BCUT2D eigenvalue weighted by molar-refractivity contribution is 6.22. The number of carbonyl (C=O) groups excluding carboxylic acids is 3. The van der Waals surface area contributed by atoms with Crippen molar-refractivity contribution >= 4 is 17.7 Å². The molecule has 0 radical (unpaired) electrons. The van der Waals surface area contributed by atoms with E-state index in [1.54, 1.807) is 26.0 Å². The Hall–Kier alpha value is -2.21. The normalized spacial score (nSPS) is 15.6. The van der Waals surface area contributed by atoms with Crippen LogP contribution in [0.2, 0.25) is 0 Å². The molecule has 19 heavy (non-hydrogen) atoms. The lowest BCUT2D eigenvalue weighted by Crippen LogP contribution is -2.42. The number of hydrogen-bond acceptors (Lipinski definition) is 4. The Morgan fingerprint density at radius 3 is 2.00 bits per heavy atom. The molecule has 0 bridgehead atoms. The number of benzene rings is 1. The molecule has 0 saturated carbocycles. The van der Waals surface area contributed by atoms with E-state index in [1.807, 2.05) is 0 Å². The molecule has 1 aliphatic rings. The van der Waals surface area contributed by atoms with E-state index in [0.29, 0.717) is 22.3 Å². The van der Waals surface area contributed by atoms with Gasteiger partial charge in [0.05, 0.1) is 17.7 Å². The van der Waals surface area contributed by atoms with Crippen molar-refractivity contribution in [3.05, 3.63) is 34.4 Å². The van der Waals surface area contributed by atoms with Gasteiger partial charge >= 0.3 is 0 Å². The quantitative estimate of drug-likeness (QED) is 0.733. The summed E-state index contributed by atoms with van der Waals surface area (Å²) in [6.45, 7) is 3.05. The molecule has 1 aromatic carbocycles. The van der Waals surface area contributed by atoms with E-state index < -0.39 is 30.4 Å². The zero-order valence-electron chi connectivity index (χ0n) is 10.6. The van der Waals surface area contributed by atoms with Crippen LogP contribution < -0.4 is 5.73 Å². The maximum absolute atomic E-state index is 12.2. The molecule has 6 heteroatoms. The minimum Gasteiger partial charge on any atom is -0.381 e. The van der Waals surface area contributed by atoms with Crippen molar-refractivity contribution in [2.24, 2.45) is 5.73 Å². The predicted molar refractivity (Wildman–Crippen MR) is 66.5 cm³/mol. The van der Waals surface area contributed by atoms with Gasteiger partial charge in [0.1, 0.15) is 0 Å². The van der Waals surface area contributed by atoms with Crippen LogP contribution in [0.1, 0.15) is 31.8 Å². The van der Waals surface area contributed by atoms with E-state index in [2.05, 4.69) is 0 Å². The highest BCUT2D eigenvalue weighted by Crippen LogP contribution is 2.28. The maximum Gasteiger partial charge on any atom is 0.261 e. The Kier molecular flexibility index (Phi) is 3.11. The largest absolute Gasteiger partial charge is 0.381 e. The summed E-state index contributed by atoms with van der Waals surface area (Å²) in [5.41, 5.74) is 6.98. The Balaban J connectivity index is 2.42. The lowest BCUT2D eigenvalue weighted by Gasteiger charge is -2.16. The first-order chi connectivity index (χ1) is 8.84. The van der Waals surface area contributed by atoms with Crippen molar-refractivity contribution in [2.45, 2.75) is 20.0 Å². The van der Waals surface area contributed by atoms with Crippen LogP contribution in [0.25, 0.3) is 0 Å². The maximum atomic E-state index is 12.2. The number of aliphatic hydroxyl groups is 1. The number of carbonyl (C=O) groups is 3. The predicted octanol–water partition coefficient (Wildman–Crippen LogP) is -0.254. The fourth-order valence-corrected chi connectivity index (χ4v) is 2.15. The van der Waals surface area contributed by atoms with Gasteiger partial charge in [-0.25, -0.2) is 0 Å². The zero-order valence-corrected chi connectivity index (χ0v) is 10.6. The van der Waals surface area contributed by atoms with Gasteiger partial charge in [0.15, 0.2) is 6.10 Å². The van der Waals surface area contributed by atoms with Gasteiger partial charge in [0.25, 0.3) is 11.8 Å². The summed E-state index contributed by atoms with van der Waals surface area (Å²) in [6.07, 6.45) is -1.55. The molecule has 0 aliphatic carbocycles. The van der Waals surface area contributed by atoms with Gasteiger partial charge in [-0.1, -0.05) is 12.1 Å². The molecule has 1 aromatic rings. The molecule has 1 unspecified atom stereocenters. The minimum atomic E-state index is -1.55. The summed E-state index contributed by atoms with van der Waals surface area (Å²) in [4.78, 5) is 36.1. The van der Waals surface area contributed by atoms with Crippen LogP contribution >= 0.6 is 0 Å². The van der Waals surface area contributed by atoms with Crippen LogP contribution in [0.5, 0.6) is 0 Å². The molecule has 1 heterocycles. The summed E-state index contributed by atoms with van der Waals surface area (Å²) in [5.74, 6) is -1.96. The van der Waals surface area contributed by atoms with Crippen LogP contribution in [0.4, 0.5) is 0 Å². The number of aliphatic hydroxyl groups excluding tert-OH is 1. The number of amides is 3. The van der Waals surface area contributed by atoms with Crippen molar-refractivity contribution in [3.63, 3.8) is 0 Å². The molecule has 6 nitrogen and oxygen atoms in total. The molecular formula is C13H14N2O4. The first kappa shape index (κ1) is 13.2. The van der Waals surface area contributed by atoms with Gasteiger partial charge in [-0.2, -0.15) is 0 Å². The molecule has 0 aromatic heterocycles. The Bertz CT molecular complexity index is 554. The number of nitrogens with zero attached hydrogens (tertiary/aromatic N) is 1. The van der Waals surface area contributed by atoms with E-state index in [4.69, 9.17) is 5.73 Å². The van der Waals surface area contributed by atoms with Crippen molar-refractivity contribution in [1.82, 2.24) is 4.90 Å². The molecule has 2 rings (SSSR count). The molecule has 100 valence electrons. The number of primary amides is 1. The number of fused-ring (bicyclic) bond motifs is 1. The van der Waals surface area contributed by atoms with Crippen LogP contribution in [0, 0.1) is 13.8 Å². The van der Waals surface area contributed by atoms with E-state index in [1.165, 1.54) is 0 Å². The number of nitrogens with two attached hydrogens (primary N) is 1. The third-order valence-electron chi connectivity index (χ3n) is 3.22. The third-order valence-corrected chi connectivity index (χ3v) is 3.22. The third kappa shape index (κ3) is 2.00. The second kappa shape index (κ2) is 4.47. The highest BCUT2D eigenvalue weighted by Gasteiger charge is 2.39. The summed E-state index contributed by atoms with van der Waals surface area (Å²) in [6, 6.07) is 3.51. The van der Waals surface area contributed by atoms with E-state index in [-0.39, 0.29) is 0 Å². The van der Waals surface area contributed by atoms with Crippen LogP contribution in [-0.2, 0) is 4.79 Å². The zero-order chi connectivity index (χ0) is 14.3. The summed E-state index contributed by atoms with van der Waals surface area (Å²) < 4.78 is 0. The fourth-order valence-electron chi connectivity index (χ4n) is 2.15. The Morgan fingerprint density at radius 1 is 1.21 bits per heavy atom. The minimum absolute atomic E-state index is 0.335. The van der Waals surface area contributed by atoms with Gasteiger partial charge < -0.3 is 10.8 Å². The number of hydrogen-bond donors (Lipinski definition) is 2. The average molecular weight is 262 g/mol. The highest BCUT2D eigenvalue weighted by atomic mass is 16.3. The number of β-amino-alcohol motifs (C(OH)–C–C–N with tert-alkyl or cyclic N) is 1. The molecule has 0 saturated heterocycles.